The van der Waals surface area contributed by atoms with Gasteiger partial charge in [-0.05, 0) is 0 Å². The molecule has 0 fully saturated rings. The van der Waals surface area contributed by atoms with Crippen molar-refractivity contribution in [1.82, 2.24) is 0 Å². The number of aryl methyl sites for hydroxylation is 12. The molecule has 0 heterocycles. The molecule has 0 aliphatic heterocycles. The van der Waals surface area contributed by atoms with Crippen molar-refractivity contribution in [2.45, 2.75) is 83.1 Å². The van der Waals surface area contributed by atoms with Gasteiger partial charge in [-0.1, -0.05) is 0 Å². The molecule has 256 valence electrons. The van der Waals surface area contributed by atoms with Crippen molar-refractivity contribution in [1.29, 1.82) is 5.26 Å². The number of rotatable bonds is 6. The summed E-state index contributed by atoms with van der Waals surface area (Å²) >= 11 is -3.41. The van der Waals surface area contributed by atoms with Crippen molar-refractivity contribution in [3.63, 3.8) is 0 Å². The molecule has 0 amide bonds. The first kappa shape index (κ1) is 36.2. The molecule has 2 heteroatoms. The number of nitrogens with zero attached hydrogens (tertiary/aromatic N) is 1. The second kappa shape index (κ2) is 14.2. The van der Waals surface area contributed by atoms with E-state index in [2.05, 4.69) is 173 Å². The average Bonchev–Trinajstić information content (AvgIpc) is 3.01. The van der Waals surface area contributed by atoms with Gasteiger partial charge in [0.05, 0.1) is 0 Å². The first-order valence-electron chi connectivity index (χ1n) is 18.2. The fraction of sp³-hybridized carbons (Fsp3) is 0.245. The molecular formula is C49H51GeN. The molecule has 0 aliphatic rings. The second-order valence-electron chi connectivity index (χ2n) is 15.2. The van der Waals surface area contributed by atoms with Crippen molar-refractivity contribution in [3.05, 3.63) is 152 Å². The Bertz CT molecular complexity index is 1990. The summed E-state index contributed by atoms with van der Waals surface area (Å²) in [7, 11) is 0. The van der Waals surface area contributed by atoms with Gasteiger partial charge in [0.1, 0.15) is 0 Å². The first-order chi connectivity index (χ1) is 24.2. The monoisotopic (exact) mass is 727 g/mol. The van der Waals surface area contributed by atoms with Crippen LogP contribution in [0.15, 0.2) is 84.9 Å². The molecule has 6 rings (SSSR count). The van der Waals surface area contributed by atoms with Gasteiger partial charge in [-0.15, -0.1) is 0 Å². The van der Waals surface area contributed by atoms with Gasteiger partial charge in [-0.2, -0.15) is 0 Å². The van der Waals surface area contributed by atoms with E-state index in [9.17, 15) is 5.26 Å². The zero-order valence-corrected chi connectivity index (χ0v) is 35.0. The third-order valence-corrected chi connectivity index (χ3v) is 16.3. The van der Waals surface area contributed by atoms with Gasteiger partial charge in [0.25, 0.3) is 0 Å². The molecule has 6 aromatic rings. The Balaban J connectivity index is 1.84. The molecule has 0 aliphatic carbocycles. The Morgan fingerprint density at radius 2 is 0.549 bits per heavy atom. The van der Waals surface area contributed by atoms with E-state index in [4.69, 9.17) is 0 Å². The van der Waals surface area contributed by atoms with E-state index in [0.717, 1.165) is 0 Å². The quantitative estimate of drug-likeness (QED) is 0.157. The summed E-state index contributed by atoms with van der Waals surface area (Å²) in [5.41, 5.74) is 25.0. The van der Waals surface area contributed by atoms with E-state index in [0.29, 0.717) is 0 Å². The Labute approximate surface area is 311 Å². The topological polar surface area (TPSA) is 23.8 Å². The second-order valence-corrected chi connectivity index (χ2v) is 20.0. The van der Waals surface area contributed by atoms with E-state index in [1.54, 1.807) is 0 Å². The van der Waals surface area contributed by atoms with E-state index in [1.807, 2.05) is 0 Å². The van der Waals surface area contributed by atoms with Crippen LogP contribution in [0.3, 0.4) is 0 Å². The molecule has 0 spiro atoms. The van der Waals surface area contributed by atoms with Crippen molar-refractivity contribution < 1.29 is 0 Å². The fourth-order valence-electron chi connectivity index (χ4n) is 9.32. The van der Waals surface area contributed by atoms with Crippen LogP contribution >= 0.6 is 0 Å². The van der Waals surface area contributed by atoms with Crippen molar-refractivity contribution >= 4 is 23.1 Å². The summed E-state index contributed by atoms with van der Waals surface area (Å²) < 4.78 is 2.52. The average molecular weight is 727 g/mol. The maximum atomic E-state index is 11.9. The van der Waals surface area contributed by atoms with E-state index in [1.165, 1.54) is 120 Å². The molecule has 0 radical (unpaired) electrons. The van der Waals surface area contributed by atoms with Crippen LogP contribution in [0, 0.1) is 93.2 Å². The third-order valence-electron chi connectivity index (χ3n) is 10.7. The van der Waals surface area contributed by atoms with Gasteiger partial charge in [0, 0.05) is 0 Å². The molecule has 0 atom stereocenters. The van der Waals surface area contributed by atoms with Crippen LogP contribution in [0.4, 0.5) is 0 Å². The van der Waals surface area contributed by atoms with Crippen molar-refractivity contribution in [2.75, 3.05) is 0 Å². The minimum atomic E-state index is -3.41. The molecular weight excluding hydrogens is 675 g/mol. The summed E-state index contributed by atoms with van der Waals surface area (Å²) in [5.74, 6) is 0. The van der Waals surface area contributed by atoms with Crippen molar-refractivity contribution in [2.24, 2.45) is 0 Å². The standard InChI is InChI=1S/C49H51GeN/c1-28-19-32(5)44(33(6)20-28)40-15-13-16-41(45-34(7)21-29(2)22-35(45)8)48(40)50(27-51)49-42(46-36(9)23-30(3)24-37(46)10)17-14-18-43(49)47-38(11)25-31(4)26-39(47)12/h13-26,50H,1-12H3. The summed E-state index contributed by atoms with van der Waals surface area (Å²) in [5, 5.41) is 11.9. The zero-order valence-electron chi connectivity index (χ0n) is 32.6. The number of nitriles is 1. The maximum absolute atomic E-state index is 11.9. The number of benzene rings is 6. The first-order valence-corrected chi connectivity index (χ1v) is 21.8. The molecule has 0 N–H and O–H groups in total. The number of hydrogen-bond acceptors (Lipinski definition) is 1. The fourth-order valence-corrected chi connectivity index (χ4v) is 15.1. The normalized spacial score (nSPS) is 11.3. The van der Waals surface area contributed by atoms with Gasteiger partial charge in [-0.25, -0.2) is 0 Å². The van der Waals surface area contributed by atoms with Crippen LogP contribution < -0.4 is 8.79 Å². The summed E-state index contributed by atoms with van der Waals surface area (Å²) in [4.78, 5) is 3.16. The zero-order chi connectivity index (χ0) is 36.9. The van der Waals surface area contributed by atoms with Crippen LogP contribution in [0.1, 0.15) is 66.8 Å². The van der Waals surface area contributed by atoms with Gasteiger partial charge < -0.3 is 0 Å². The Morgan fingerprint density at radius 1 is 0.353 bits per heavy atom. The van der Waals surface area contributed by atoms with Gasteiger partial charge >= 0.3 is 313 Å². The number of hydrogen-bond donors (Lipinski definition) is 0. The predicted molar refractivity (Wildman–Crippen MR) is 224 cm³/mol. The van der Waals surface area contributed by atoms with Crippen LogP contribution in [-0.2, 0) is 0 Å². The summed E-state index contributed by atoms with van der Waals surface area (Å²) in [6, 6.07) is 32.0. The Hall–Kier alpha value is -4.65. The molecule has 6 aromatic carbocycles. The molecule has 0 saturated heterocycles. The van der Waals surface area contributed by atoms with Gasteiger partial charge in [-0.3, -0.25) is 0 Å². The third kappa shape index (κ3) is 6.63. The van der Waals surface area contributed by atoms with Crippen LogP contribution in [0.5, 0.6) is 0 Å². The Morgan fingerprint density at radius 3 is 0.725 bits per heavy atom. The molecule has 51 heavy (non-hydrogen) atoms. The van der Waals surface area contributed by atoms with Crippen LogP contribution in [0.25, 0.3) is 44.5 Å². The molecule has 0 saturated carbocycles. The SMILES string of the molecule is Cc1cc(C)c(-c2cccc(-c3c(C)cc(C)cc3C)[c]2[GeH]([C]#N)[c]2c(-c3c(C)cc(C)cc3C)cccc2-c2c(C)cc(C)cc2C)c(C)c1. The minimum absolute atomic E-state index is 1.21. The van der Waals surface area contributed by atoms with E-state index < -0.39 is 14.3 Å². The predicted octanol–water partition coefficient (Wildman–Crippen LogP) is 11.5. The van der Waals surface area contributed by atoms with Crippen LogP contribution in [0.2, 0.25) is 0 Å². The van der Waals surface area contributed by atoms with Gasteiger partial charge in [0.15, 0.2) is 0 Å². The van der Waals surface area contributed by atoms with Gasteiger partial charge in [0.2, 0.25) is 0 Å². The molecule has 0 unspecified atom stereocenters. The van der Waals surface area contributed by atoms with E-state index >= 15 is 0 Å². The molecule has 1 nitrogen and oxygen atoms in total. The van der Waals surface area contributed by atoms with E-state index in [-0.39, 0.29) is 0 Å². The Kier molecular flexibility index (Phi) is 10.0. The summed E-state index contributed by atoms with van der Waals surface area (Å²) in [6.07, 6.45) is 0. The molecule has 0 bridgehead atoms. The van der Waals surface area contributed by atoms with Crippen molar-refractivity contribution in [3.8, 4) is 49.4 Å². The summed E-state index contributed by atoms with van der Waals surface area (Å²) in [6.45, 7) is 26.6. The molecule has 0 aromatic heterocycles. The van der Waals surface area contributed by atoms with Crippen LogP contribution in [-0.4, -0.2) is 14.3 Å².